The van der Waals surface area contributed by atoms with Crippen molar-refractivity contribution in [3.05, 3.63) is 30.1 Å². The number of rotatable bonds is 9. The first kappa shape index (κ1) is 19.7. The van der Waals surface area contributed by atoms with E-state index in [2.05, 4.69) is 20.5 Å². The highest BCUT2D eigenvalue weighted by atomic mass is 32.2. The van der Waals surface area contributed by atoms with E-state index in [1.807, 2.05) is 38.1 Å². The van der Waals surface area contributed by atoms with E-state index in [0.29, 0.717) is 23.2 Å². The van der Waals surface area contributed by atoms with Crippen LogP contribution in [0, 0.1) is 5.92 Å². The highest BCUT2D eigenvalue weighted by molar-refractivity contribution is 8.00. The summed E-state index contributed by atoms with van der Waals surface area (Å²) in [4.78, 5) is 17.1. The molecule has 1 aliphatic rings. The third-order valence-electron chi connectivity index (χ3n) is 4.87. The van der Waals surface area contributed by atoms with E-state index in [0.717, 1.165) is 18.2 Å². The van der Waals surface area contributed by atoms with Crippen LogP contribution in [0.25, 0.3) is 0 Å². The Morgan fingerprint density at radius 2 is 2.15 bits per heavy atom. The molecule has 1 saturated carbocycles. The molecule has 3 rings (SSSR count). The SMILES string of the molecule is CCOc1ccccc1NC(=O)C(C)Sc1n[nH]c(CCC2CCCC2)n1. The number of aryl methyl sites for hydroxylation is 1. The summed E-state index contributed by atoms with van der Waals surface area (Å²) in [6.45, 7) is 4.33. The number of nitrogens with zero attached hydrogens (tertiary/aromatic N) is 2. The summed E-state index contributed by atoms with van der Waals surface area (Å²) in [5, 5.41) is 10.5. The molecule has 6 nitrogen and oxygen atoms in total. The third-order valence-corrected chi connectivity index (χ3v) is 5.83. The summed E-state index contributed by atoms with van der Waals surface area (Å²) in [6, 6.07) is 7.46. The van der Waals surface area contributed by atoms with Crippen molar-refractivity contribution in [2.24, 2.45) is 5.92 Å². The van der Waals surface area contributed by atoms with Gasteiger partial charge in [0.25, 0.3) is 0 Å². The molecule has 7 heteroatoms. The maximum Gasteiger partial charge on any atom is 0.237 e. The number of carbonyl (C=O) groups is 1. The van der Waals surface area contributed by atoms with Crippen LogP contribution in [-0.4, -0.2) is 32.9 Å². The smallest absolute Gasteiger partial charge is 0.237 e. The van der Waals surface area contributed by atoms with Gasteiger partial charge in [-0.25, -0.2) is 4.98 Å². The monoisotopic (exact) mass is 388 g/mol. The zero-order chi connectivity index (χ0) is 19.1. The van der Waals surface area contributed by atoms with Gasteiger partial charge in [-0.2, -0.15) is 0 Å². The Kier molecular flexibility index (Phi) is 7.15. The largest absolute Gasteiger partial charge is 0.492 e. The molecule has 0 bridgehead atoms. The molecule has 1 fully saturated rings. The second kappa shape index (κ2) is 9.78. The van der Waals surface area contributed by atoms with Gasteiger partial charge >= 0.3 is 0 Å². The van der Waals surface area contributed by atoms with Gasteiger partial charge in [-0.15, -0.1) is 5.10 Å². The fourth-order valence-electron chi connectivity index (χ4n) is 3.38. The molecule has 2 N–H and O–H groups in total. The Labute approximate surface area is 164 Å². The fraction of sp³-hybridized carbons (Fsp3) is 0.550. The highest BCUT2D eigenvalue weighted by Gasteiger charge is 2.19. The number of anilines is 1. The first-order valence-corrected chi connectivity index (χ1v) is 10.6. The zero-order valence-corrected chi connectivity index (χ0v) is 16.8. The molecule has 1 aromatic carbocycles. The molecule has 0 spiro atoms. The van der Waals surface area contributed by atoms with Gasteiger partial charge in [-0.05, 0) is 38.3 Å². The molecule has 1 unspecified atom stereocenters. The van der Waals surface area contributed by atoms with Crippen LogP contribution >= 0.6 is 11.8 Å². The number of carbonyl (C=O) groups excluding carboxylic acids is 1. The van der Waals surface area contributed by atoms with Gasteiger partial charge < -0.3 is 10.1 Å². The van der Waals surface area contributed by atoms with Gasteiger partial charge in [0.05, 0.1) is 17.5 Å². The normalized spacial score (nSPS) is 15.6. The molecule has 1 aromatic heterocycles. The number of amides is 1. The van der Waals surface area contributed by atoms with Crippen LogP contribution in [0.1, 0.15) is 51.8 Å². The lowest BCUT2D eigenvalue weighted by Gasteiger charge is -2.13. The van der Waals surface area contributed by atoms with E-state index >= 15 is 0 Å². The minimum absolute atomic E-state index is 0.0931. The molecule has 27 heavy (non-hydrogen) atoms. The van der Waals surface area contributed by atoms with Crippen molar-refractivity contribution in [3.8, 4) is 5.75 Å². The lowest BCUT2D eigenvalue weighted by Crippen LogP contribution is -2.22. The Morgan fingerprint density at radius 1 is 1.37 bits per heavy atom. The number of aromatic amines is 1. The van der Waals surface area contributed by atoms with E-state index in [1.165, 1.54) is 43.9 Å². The Balaban J connectivity index is 1.51. The van der Waals surface area contributed by atoms with E-state index < -0.39 is 0 Å². The lowest BCUT2D eigenvalue weighted by atomic mass is 10.0. The number of hydrogen-bond donors (Lipinski definition) is 2. The van der Waals surface area contributed by atoms with Gasteiger partial charge in [-0.1, -0.05) is 49.6 Å². The van der Waals surface area contributed by atoms with Crippen LogP contribution in [0.4, 0.5) is 5.69 Å². The van der Waals surface area contributed by atoms with Crippen molar-refractivity contribution in [1.82, 2.24) is 15.2 Å². The molecule has 1 amide bonds. The predicted molar refractivity (Wildman–Crippen MR) is 108 cm³/mol. The van der Waals surface area contributed by atoms with Crippen molar-refractivity contribution in [2.75, 3.05) is 11.9 Å². The van der Waals surface area contributed by atoms with Crippen molar-refractivity contribution >= 4 is 23.4 Å². The van der Waals surface area contributed by atoms with E-state index in [4.69, 9.17) is 4.74 Å². The second-order valence-electron chi connectivity index (χ2n) is 6.93. The number of para-hydroxylation sites is 2. The summed E-state index contributed by atoms with van der Waals surface area (Å²) in [6.07, 6.45) is 7.51. The molecular formula is C20H28N4O2S. The van der Waals surface area contributed by atoms with Gasteiger partial charge in [-0.3, -0.25) is 9.89 Å². The topological polar surface area (TPSA) is 79.9 Å². The van der Waals surface area contributed by atoms with Gasteiger partial charge in [0.15, 0.2) is 0 Å². The zero-order valence-electron chi connectivity index (χ0n) is 16.0. The highest BCUT2D eigenvalue weighted by Crippen LogP contribution is 2.29. The lowest BCUT2D eigenvalue weighted by molar-refractivity contribution is -0.115. The number of hydrogen-bond acceptors (Lipinski definition) is 5. The minimum atomic E-state index is -0.307. The number of thioether (sulfide) groups is 1. The molecular weight excluding hydrogens is 360 g/mol. The Hall–Kier alpha value is -2.02. The molecule has 0 radical (unpaired) electrons. The summed E-state index contributed by atoms with van der Waals surface area (Å²) in [5.41, 5.74) is 0.684. The number of ether oxygens (including phenoxy) is 1. The molecule has 1 aliphatic carbocycles. The number of benzene rings is 1. The van der Waals surface area contributed by atoms with E-state index in [-0.39, 0.29) is 11.2 Å². The number of nitrogens with one attached hydrogen (secondary N) is 2. The summed E-state index contributed by atoms with van der Waals surface area (Å²) >= 11 is 1.36. The number of aromatic nitrogens is 3. The molecule has 0 aliphatic heterocycles. The van der Waals surface area contributed by atoms with Crippen LogP contribution in [0.5, 0.6) is 5.75 Å². The van der Waals surface area contributed by atoms with Crippen molar-refractivity contribution in [1.29, 1.82) is 0 Å². The van der Waals surface area contributed by atoms with Crippen molar-refractivity contribution in [3.63, 3.8) is 0 Å². The first-order valence-electron chi connectivity index (χ1n) is 9.76. The molecule has 1 atom stereocenters. The standard InChI is InChI=1S/C20H28N4O2S/c1-3-26-17-11-7-6-10-16(17)21-19(25)14(2)27-20-22-18(23-24-20)13-12-15-8-4-5-9-15/h6-7,10-11,14-15H,3-5,8-9,12-13H2,1-2H3,(H,21,25)(H,22,23,24). The fourth-order valence-corrected chi connectivity index (χ4v) is 4.12. The maximum absolute atomic E-state index is 12.5. The third kappa shape index (κ3) is 5.73. The predicted octanol–water partition coefficient (Wildman–Crippen LogP) is 4.45. The van der Waals surface area contributed by atoms with Crippen LogP contribution in [0.15, 0.2) is 29.4 Å². The average molecular weight is 389 g/mol. The number of H-pyrrole nitrogens is 1. The maximum atomic E-state index is 12.5. The summed E-state index contributed by atoms with van der Waals surface area (Å²) in [5.74, 6) is 2.34. The van der Waals surface area contributed by atoms with Gasteiger partial charge in [0.2, 0.25) is 11.1 Å². The average Bonchev–Trinajstić information content (AvgIpc) is 3.33. The van der Waals surface area contributed by atoms with E-state index in [1.54, 1.807) is 0 Å². The minimum Gasteiger partial charge on any atom is -0.492 e. The molecule has 0 saturated heterocycles. The van der Waals surface area contributed by atoms with Crippen LogP contribution in [0.2, 0.25) is 0 Å². The van der Waals surface area contributed by atoms with Crippen LogP contribution < -0.4 is 10.1 Å². The molecule has 146 valence electrons. The van der Waals surface area contributed by atoms with Gasteiger partial charge in [0.1, 0.15) is 11.6 Å². The van der Waals surface area contributed by atoms with Crippen LogP contribution in [-0.2, 0) is 11.2 Å². The van der Waals surface area contributed by atoms with Crippen molar-refractivity contribution in [2.45, 2.75) is 62.8 Å². The quantitative estimate of drug-likeness (QED) is 0.621. The Bertz CT molecular complexity index is 743. The van der Waals surface area contributed by atoms with Crippen molar-refractivity contribution < 1.29 is 9.53 Å². The summed E-state index contributed by atoms with van der Waals surface area (Å²) in [7, 11) is 0. The summed E-state index contributed by atoms with van der Waals surface area (Å²) < 4.78 is 5.56. The Morgan fingerprint density at radius 3 is 2.93 bits per heavy atom. The van der Waals surface area contributed by atoms with Crippen LogP contribution in [0.3, 0.4) is 0 Å². The van der Waals surface area contributed by atoms with Gasteiger partial charge in [0, 0.05) is 6.42 Å². The first-order chi connectivity index (χ1) is 13.2. The second-order valence-corrected chi connectivity index (χ2v) is 8.24. The van der Waals surface area contributed by atoms with E-state index in [9.17, 15) is 4.79 Å². The molecule has 2 aromatic rings. The molecule has 1 heterocycles.